The molecule has 5 nitrogen and oxygen atoms in total. The number of nitrogens with two attached hydrogens (primary N) is 1. The van der Waals surface area contributed by atoms with Crippen LogP contribution in [0.1, 0.15) is 26.3 Å². The maximum atomic E-state index is 8.90. The molecule has 0 aromatic heterocycles. The predicted octanol–water partition coefficient (Wildman–Crippen LogP) is 1.70. The van der Waals surface area contributed by atoms with E-state index >= 15 is 0 Å². The van der Waals surface area contributed by atoms with Crippen molar-refractivity contribution in [3.63, 3.8) is 0 Å². The van der Waals surface area contributed by atoms with Gasteiger partial charge in [-0.15, -0.1) is 0 Å². The van der Waals surface area contributed by atoms with Crippen molar-refractivity contribution in [2.45, 2.75) is 26.3 Å². The highest BCUT2D eigenvalue weighted by molar-refractivity contribution is 6.02. The Hall–Kier alpha value is -1.75. The SMILES string of the molecule is CC(C)(C)N1CCN(c2ccccc2C(N)=NO)CC1. The van der Waals surface area contributed by atoms with E-state index in [1.165, 1.54) is 0 Å². The Morgan fingerprint density at radius 3 is 2.30 bits per heavy atom. The molecule has 5 heteroatoms. The maximum absolute atomic E-state index is 8.90. The molecule has 1 fully saturated rings. The lowest BCUT2D eigenvalue weighted by Gasteiger charge is -2.43. The highest BCUT2D eigenvalue weighted by Gasteiger charge is 2.26. The first-order chi connectivity index (χ1) is 9.43. The van der Waals surface area contributed by atoms with Crippen molar-refractivity contribution in [2.24, 2.45) is 10.9 Å². The normalized spacial score (nSPS) is 18.4. The fraction of sp³-hybridized carbons (Fsp3) is 0.533. The Bertz CT molecular complexity index is 485. The number of para-hydroxylation sites is 1. The molecule has 1 aliphatic heterocycles. The third kappa shape index (κ3) is 3.04. The first-order valence-corrected chi connectivity index (χ1v) is 7.00. The van der Waals surface area contributed by atoms with E-state index in [0.717, 1.165) is 37.4 Å². The molecular formula is C15H24N4O. The van der Waals surface area contributed by atoms with Crippen LogP contribution in [0.2, 0.25) is 0 Å². The van der Waals surface area contributed by atoms with Gasteiger partial charge >= 0.3 is 0 Å². The number of hydrogen-bond acceptors (Lipinski definition) is 4. The molecule has 0 spiro atoms. The number of piperazine rings is 1. The summed E-state index contributed by atoms with van der Waals surface area (Å²) in [5.41, 5.74) is 7.80. The van der Waals surface area contributed by atoms with Gasteiger partial charge in [0.2, 0.25) is 0 Å². The smallest absolute Gasteiger partial charge is 0.172 e. The molecule has 1 saturated heterocycles. The van der Waals surface area contributed by atoms with Crippen molar-refractivity contribution in [2.75, 3.05) is 31.1 Å². The second-order valence-electron chi connectivity index (χ2n) is 6.15. The molecule has 1 aromatic carbocycles. The first kappa shape index (κ1) is 14.7. The van der Waals surface area contributed by atoms with Crippen LogP contribution in [0.3, 0.4) is 0 Å². The molecule has 0 aliphatic carbocycles. The third-order valence-electron chi connectivity index (χ3n) is 3.86. The Balaban J connectivity index is 2.15. The minimum atomic E-state index is 0.166. The maximum Gasteiger partial charge on any atom is 0.172 e. The van der Waals surface area contributed by atoms with Gasteiger partial charge in [0.15, 0.2) is 5.84 Å². The monoisotopic (exact) mass is 276 g/mol. The van der Waals surface area contributed by atoms with Gasteiger partial charge in [0, 0.05) is 43.0 Å². The number of benzene rings is 1. The molecule has 2 rings (SSSR count). The Morgan fingerprint density at radius 2 is 1.75 bits per heavy atom. The van der Waals surface area contributed by atoms with Crippen LogP contribution in [0.4, 0.5) is 5.69 Å². The van der Waals surface area contributed by atoms with Gasteiger partial charge in [0.25, 0.3) is 0 Å². The lowest BCUT2D eigenvalue weighted by molar-refractivity contribution is 0.128. The number of oxime groups is 1. The van der Waals surface area contributed by atoms with Gasteiger partial charge in [-0.05, 0) is 32.9 Å². The Kier molecular flexibility index (Phi) is 4.18. The summed E-state index contributed by atoms with van der Waals surface area (Å²) >= 11 is 0. The topological polar surface area (TPSA) is 65.1 Å². The van der Waals surface area contributed by atoms with Crippen LogP contribution in [-0.4, -0.2) is 47.7 Å². The zero-order valence-corrected chi connectivity index (χ0v) is 12.5. The summed E-state index contributed by atoms with van der Waals surface area (Å²) in [5, 5.41) is 12.0. The number of hydrogen-bond donors (Lipinski definition) is 2. The highest BCUT2D eigenvalue weighted by Crippen LogP contribution is 2.24. The van der Waals surface area contributed by atoms with Crippen LogP contribution in [0, 0.1) is 0 Å². The van der Waals surface area contributed by atoms with E-state index in [0.29, 0.717) is 0 Å². The van der Waals surface area contributed by atoms with Crippen molar-refractivity contribution in [1.82, 2.24) is 4.90 Å². The van der Waals surface area contributed by atoms with Gasteiger partial charge in [-0.3, -0.25) is 4.90 Å². The number of rotatable bonds is 2. The van der Waals surface area contributed by atoms with Gasteiger partial charge < -0.3 is 15.8 Å². The van der Waals surface area contributed by atoms with E-state index in [2.05, 4.69) is 35.7 Å². The summed E-state index contributed by atoms with van der Waals surface area (Å²) in [6.45, 7) is 10.7. The number of anilines is 1. The quantitative estimate of drug-likeness (QED) is 0.373. The molecule has 1 heterocycles. The Labute approximate surface area is 120 Å². The second kappa shape index (κ2) is 5.71. The fourth-order valence-corrected chi connectivity index (χ4v) is 2.64. The standard InChI is InChI=1S/C15H24N4O/c1-15(2,3)19-10-8-18(9-11-19)13-7-5-4-6-12(13)14(16)17-20/h4-7,20H,8-11H2,1-3H3,(H2,16,17). The summed E-state index contributed by atoms with van der Waals surface area (Å²) in [5.74, 6) is 0.166. The van der Waals surface area contributed by atoms with Crippen LogP contribution in [0.25, 0.3) is 0 Å². The average Bonchev–Trinajstić information content (AvgIpc) is 2.45. The minimum Gasteiger partial charge on any atom is -0.409 e. The van der Waals surface area contributed by atoms with E-state index in [9.17, 15) is 0 Å². The molecule has 20 heavy (non-hydrogen) atoms. The summed E-state index contributed by atoms with van der Waals surface area (Å²) in [7, 11) is 0. The molecular weight excluding hydrogens is 252 g/mol. The van der Waals surface area contributed by atoms with Crippen molar-refractivity contribution in [3.8, 4) is 0 Å². The molecule has 0 radical (unpaired) electrons. The van der Waals surface area contributed by atoms with Gasteiger partial charge in [0.1, 0.15) is 0 Å². The van der Waals surface area contributed by atoms with E-state index in [1.807, 2.05) is 24.3 Å². The largest absolute Gasteiger partial charge is 0.409 e. The van der Waals surface area contributed by atoms with Gasteiger partial charge in [-0.1, -0.05) is 17.3 Å². The van der Waals surface area contributed by atoms with Crippen LogP contribution in [0.5, 0.6) is 0 Å². The van der Waals surface area contributed by atoms with E-state index < -0.39 is 0 Å². The fourth-order valence-electron chi connectivity index (χ4n) is 2.64. The lowest BCUT2D eigenvalue weighted by atomic mass is 10.0. The van der Waals surface area contributed by atoms with E-state index in [-0.39, 0.29) is 11.4 Å². The lowest BCUT2D eigenvalue weighted by Crippen LogP contribution is -2.53. The molecule has 0 atom stereocenters. The summed E-state index contributed by atoms with van der Waals surface area (Å²) in [6, 6.07) is 7.81. The Morgan fingerprint density at radius 1 is 1.15 bits per heavy atom. The second-order valence-corrected chi connectivity index (χ2v) is 6.15. The molecule has 1 aliphatic rings. The molecule has 3 N–H and O–H groups in total. The van der Waals surface area contributed by atoms with Crippen LogP contribution >= 0.6 is 0 Å². The first-order valence-electron chi connectivity index (χ1n) is 7.00. The van der Waals surface area contributed by atoms with Gasteiger partial charge in [-0.25, -0.2) is 0 Å². The summed E-state index contributed by atoms with van der Waals surface area (Å²) in [4.78, 5) is 4.78. The number of nitrogens with zero attached hydrogens (tertiary/aromatic N) is 3. The van der Waals surface area contributed by atoms with Crippen LogP contribution in [-0.2, 0) is 0 Å². The molecule has 1 aromatic rings. The predicted molar refractivity (Wildman–Crippen MR) is 82.5 cm³/mol. The van der Waals surface area contributed by atoms with E-state index in [4.69, 9.17) is 10.9 Å². The van der Waals surface area contributed by atoms with Gasteiger partial charge in [-0.2, -0.15) is 0 Å². The van der Waals surface area contributed by atoms with E-state index in [1.54, 1.807) is 0 Å². The zero-order valence-electron chi connectivity index (χ0n) is 12.5. The van der Waals surface area contributed by atoms with Gasteiger partial charge in [0.05, 0.1) is 0 Å². The summed E-state index contributed by atoms with van der Waals surface area (Å²) < 4.78 is 0. The molecule has 0 amide bonds. The molecule has 0 bridgehead atoms. The van der Waals surface area contributed by atoms with Crippen LogP contribution in [0.15, 0.2) is 29.4 Å². The molecule has 110 valence electrons. The molecule has 0 saturated carbocycles. The molecule has 0 unspecified atom stereocenters. The number of amidine groups is 1. The zero-order chi connectivity index (χ0) is 14.8. The van der Waals surface area contributed by atoms with Crippen molar-refractivity contribution < 1.29 is 5.21 Å². The average molecular weight is 276 g/mol. The van der Waals surface area contributed by atoms with Crippen molar-refractivity contribution in [1.29, 1.82) is 0 Å². The van der Waals surface area contributed by atoms with Crippen molar-refractivity contribution in [3.05, 3.63) is 29.8 Å². The minimum absolute atomic E-state index is 0.166. The summed E-state index contributed by atoms with van der Waals surface area (Å²) in [6.07, 6.45) is 0. The van der Waals surface area contributed by atoms with Crippen LogP contribution < -0.4 is 10.6 Å². The highest BCUT2D eigenvalue weighted by atomic mass is 16.4. The third-order valence-corrected chi connectivity index (χ3v) is 3.86. The van der Waals surface area contributed by atoms with Crippen molar-refractivity contribution >= 4 is 11.5 Å².